The van der Waals surface area contributed by atoms with Crippen LogP contribution in [0.2, 0.25) is 10.0 Å². The van der Waals surface area contributed by atoms with E-state index in [1.807, 2.05) is 29.2 Å². The Morgan fingerprint density at radius 1 is 0.941 bits per heavy atom. The third kappa shape index (κ3) is 3.70. The number of amides is 1. The van der Waals surface area contributed by atoms with Gasteiger partial charge in [-0.25, -0.2) is 4.79 Å². The van der Waals surface area contributed by atoms with Gasteiger partial charge in [-0.3, -0.25) is 4.90 Å². The first-order valence-electron chi connectivity index (χ1n) is 11.5. The van der Waals surface area contributed by atoms with Crippen molar-refractivity contribution in [1.29, 1.82) is 0 Å². The van der Waals surface area contributed by atoms with Crippen LogP contribution in [0.5, 0.6) is 0 Å². The third-order valence-corrected chi connectivity index (χ3v) is 7.57. The number of halogens is 2. The number of morpholine rings is 1. The van der Waals surface area contributed by atoms with Crippen LogP contribution < -0.4 is 0 Å². The maximum atomic E-state index is 13.3. The van der Waals surface area contributed by atoms with Crippen molar-refractivity contribution in [3.05, 3.63) is 99.5 Å². The molecule has 0 aromatic heterocycles. The maximum Gasteiger partial charge on any atom is 0.410 e. The van der Waals surface area contributed by atoms with Crippen LogP contribution >= 0.6 is 23.2 Å². The van der Waals surface area contributed by atoms with Gasteiger partial charge in [0, 0.05) is 16.0 Å². The molecule has 0 spiro atoms. The topological polar surface area (TPSA) is 38.8 Å². The van der Waals surface area contributed by atoms with Crippen LogP contribution in [-0.4, -0.2) is 42.9 Å². The van der Waals surface area contributed by atoms with Crippen molar-refractivity contribution in [3.8, 4) is 11.1 Å². The summed E-state index contributed by atoms with van der Waals surface area (Å²) in [6.45, 7) is 1.22. The number of fused-ring (bicyclic) bond motifs is 5. The normalized spacial score (nSPS) is 21.0. The number of benzene rings is 3. The molecule has 0 N–H and O–H groups in total. The Kier molecular flexibility index (Phi) is 5.60. The van der Waals surface area contributed by atoms with Crippen molar-refractivity contribution in [2.45, 2.75) is 24.4 Å². The molecule has 3 aromatic rings. The minimum atomic E-state index is -0.294. The highest BCUT2D eigenvalue weighted by atomic mass is 35.5. The Labute approximate surface area is 208 Å². The lowest BCUT2D eigenvalue weighted by Gasteiger charge is -2.44. The molecule has 4 nitrogen and oxygen atoms in total. The molecular weight excluding hydrogens is 469 g/mol. The van der Waals surface area contributed by atoms with Gasteiger partial charge < -0.3 is 9.47 Å². The molecule has 2 heterocycles. The Hall–Kier alpha value is -2.79. The Morgan fingerprint density at radius 3 is 2.32 bits per heavy atom. The van der Waals surface area contributed by atoms with Gasteiger partial charge in [0.05, 0.1) is 25.3 Å². The lowest BCUT2D eigenvalue weighted by molar-refractivity contribution is -0.0331. The molecule has 0 saturated carbocycles. The number of nitrogens with zero attached hydrogens (tertiary/aromatic N) is 1. The van der Waals surface area contributed by atoms with Gasteiger partial charge in [-0.1, -0.05) is 83.9 Å². The van der Waals surface area contributed by atoms with Crippen molar-refractivity contribution in [1.82, 2.24) is 4.90 Å². The second kappa shape index (κ2) is 8.77. The molecule has 2 aliphatic heterocycles. The van der Waals surface area contributed by atoms with Crippen LogP contribution in [0.4, 0.5) is 4.79 Å². The van der Waals surface area contributed by atoms with Gasteiger partial charge >= 0.3 is 6.09 Å². The van der Waals surface area contributed by atoms with Crippen molar-refractivity contribution in [3.63, 3.8) is 0 Å². The summed E-state index contributed by atoms with van der Waals surface area (Å²) >= 11 is 12.5. The SMILES string of the molecule is O=C(OCC1c2ccccc2-c2ccccc21)N1C2C=C(c3ccc(Cl)cc3Cl)CC1COC2. The van der Waals surface area contributed by atoms with Crippen LogP contribution in [-0.2, 0) is 9.47 Å². The van der Waals surface area contributed by atoms with E-state index in [0.29, 0.717) is 36.3 Å². The predicted molar refractivity (Wildman–Crippen MR) is 134 cm³/mol. The highest BCUT2D eigenvalue weighted by Crippen LogP contribution is 2.45. The molecule has 1 amide bonds. The first-order chi connectivity index (χ1) is 16.6. The molecule has 172 valence electrons. The van der Waals surface area contributed by atoms with Gasteiger partial charge in [-0.2, -0.15) is 0 Å². The zero-order valence-corrected chi connectivity index (χ0v) is 19.9. The van der Waals surface area contributed by atoms with Crippen molar-refractivity contribution >= 4 is 34.9 Å². The molecule has 6 heteroatoms. The van der Waals surface area contributed by atoms with E-state index in [2.05, 4.69) is 42.5 Å². The minimum Gasteiger partial charge on any atom is -0.448 e. The van der Waals surface area contributed by atoms with Gasteiger partial charge in [0.25, 0.3) is 0 Å². The summed E-state index contributed by atoms with van der Waals surface area (Å²) in [6, 6.07) is 22.0. The monoisotopic (exact) mass is 491 g/mol. The van der Waals surface area contributed by atoms with Gasteiger partial charge in [0.15, 0.2) is 0 Å². The standard InChI is InChI=1S/C28H23Cl2NO3/c29-18-9-10-21(27(30)13-18)17-11-19-14-33-15-20(12-17)31(19)28(32)34-16-26-24-7-3-1-5-22(24)23-6-2-4-8-25(23)26/h1-11,13,19-20,26H,12,14-16H2. The van der Waals surface area contributed by atoms with E-state index < -0.39 is 0 Å². The zero-order valence-electron chi connectivity index (χ0n) is 18.4. The second-order valence-electron chi connectivity index (χ2n) is 8.99. The molecule has 1 fully saturated rings. The molecule has 6 rings (SSSR count). The average molecular weight is 492 g/mol. The second-order valence-corrected chi connectivity index (χ2v) is 9.83. The summed E-state index contributed by atoms with van der Waals surface area (Å²) in [7, 11) is 0. The maximum absolute atomic E-state index is 13.3. The van der Waals surface area contributed by atoms with E-state index in [1.54, 1.807) is 6.07 Å². The van der Waals surface area contributed by atoms with Crippen LogP contribution in [0, 0.1) is 0 Å². The van der Waals surface area contributed by atoms with Gasteiger partial charge in [0.2, 0.25) is 0 Å². The number of hydrogen-bond acceptors (Lipinski definition) is 3. The van der Waals surface area contributed by atoms with E-state index in [1.165, 1.54) is 22.3 Å². The Bertz CT molecular complexity index is 1260. The number of hydrogen-bond donors (Lipinski definition) is 0. The fraction of sp³-hybridized carbons (Fsp3) is 0.250. The van der Waals surface area contributed by atoms with Crippen molar-refractivity contribution in [2.24, 2.45) is 0 Å². The summed E-state index contributed by atoms with van der Waals surface area (Å²) in [5.74, 6) is 0.0382. The highest BCUT2D eigenvalue weighted by molar-refractivity contribution is 6.35. The van der Waals surface area contributed by atoms with Gasteiger partial charge in [0.1, 0.15) is 6.61 Å². The van der Waals surface area contributed by atoms with Gasteiger partial charge in [-0.15, -0.1) is 0 Å². The number of rotatable bonds is 3. The van der Waals surface area contributed by atoms with E-state index in [-0.39, 0.29) is 24.1 Å². The first-order valence-corrected chi connectivity index (χ1v) is 12.2. The average Bonchev–Trinajstić information content (AvgIpc) is 3.15. The van der Waals surface area contributed by atoms with Crippen molar-refractivity contribution in [2.75, 3.05) is 19.8 Å². The first kappa shape index (κ1) is 21.7. The minimum absolute atomic E-state index is 0.0382. The fourth-order valence-electron chi connectivity index (χ4n) is 5.50. The predicted octanol–water partition coefficient (Wildman–Crippen LogP) is 6.80. The number of carbonyl (C=O) groups excluding carboxylic acids is 1. The van der Waals surface area contributed by atoms with E-state index in [0.717, 1.165) is 11.1 Å². The molecule has 3 aromatic carbocycles. The van der Waals surface area contributed by atoms with E-state index >= 15 is 0 Å². The van der Waals surface area contributed by atoms with Crippen LogP contribution in [0.25, 0.3) is 16.7 Å². The summed E-state index contributed by atoms with van der Waals surface area (Å²) in [5.41, 5.74) is 6.92. The molecule has 2 atom stereocenters. The van der Waals surface area contributed by atoms with Crippen LogP contribution in [0.1, 0.15) is 29.0 Å². The fourth-order valence-corrected chi connectivity index (χ4v) is 6.03. The Balaban J connectivity index is 1.23. The summed E-state index contributed by atoms with van der Waals surface area (Å²) in [6.07, 6.45) is 2.44. The Morgan fingerprint density at radius 2 is 1.65 bits per heavy atom. The molecule has 34 heavy (non-hydrogen) atoms. The van der Waals surface area contributed by atoms with E-state index in [9.17, 15) is 4.79 Å². The molecule has 1 aliphatic carbocycles. The largest absolute Gasteiger partial charge is 0.448 e. The molecule has 2 bridgehead atoms. The van der Waals surface area contributed by atoms with Crippen LogP contribution in [0.15, 0.2) is 72.8 Å². The van der Waals surface area contributed by atoms with Gasteiger partial charge in [-0.05, 0) is 51.9 Å². The quantitative estimate of drug-likeness (QED) is 0.404. The summed E-state index contributed by atoms with van der Waals surface area (Å²) < 4.78 is 11.7. The molecule has 0 radical (unpaired) electrons. The van der Waals surface area contributed by atoms with Crippen molar-refractivity contribution < 1.29 is 14.3 Å². The van der Waals surface area contributed by atoms with E-state index in [4.69, 9.17) is 32.7 Å². The number of carbonyl (C=O) groups is 1. The smallest absolute Gasteiger partial charge is 0.410 e. The zero-order chi connectivity index (χ0) is 23.2. The highest BCUT2D eigenvalue weighted by Gasteiger charge is 2.40. The molecule has 2 unspecified atom stereocenters. The van der Waals surface area contributed by atoms with Crippen LogP contribution in [0.3, 0.4) is 0 Å². The summed E-state index contributed by atoms with van der Waals surface area (Å²) in [4.78, 5) is 15.2. The lowest BCUT2D eigenvalue weighted by atomic mass is 9.90. The molecular formula is C28H23Cl2NO3. The summed E-state index contributed by atoms with van der Waals surface area (Å²) in [5, 5.41) is 1.22. The lowest BCUT2D eigenvalue weighted by Crippen LogP contribution is -2.56. The number of ether oxygens (including phenoxy) is 2. The molecule has 3 aliphatic rings. The third-order valence-electron chi connectivity index (χ3n) is 7.02. The molecule has 1 saturated heterocycles.